The number of esters is 1. The van der Waals surface area contributed by atoms with E-state index in [0.717, 1.165) is 5.56 Å². The molecule has 0 aromatic heterocycles. The topological polar surface area (TPSA) is 115 Å². The van der Waals surface area contributed by atoms with Crippen LogP contribution in [0.3, 0.4) is 0 Å². The van der Waals surface area contributed by atoms with E-state index in [0.29, 0.717) is 34.8 Å². The lowest BCUT2D eigenvalue weighted by Crippen LogP contribution is -2.35. The second-order valence-electron chi connectivity index (χ2n) is 7.55. The number of hydrazone groups is 1. The molecular weight excluding hydrogens is 462 g/mol. The lowest BCUT2D eigenvalue weighted by Gasteiger charge is -2.10. The van der Waals surface area contributed by atoms with E-state index in [1.54, 1.807) is 54.6 Å². The molecule has 36 heavy (non-hydrogen) atoms. The standard InChI is InChI=1S/C27H27N3O6/c1-4-35-21-12-10-20(11-13-21)27(33)36-23-14-9-19(15-24(23)34-3)16-29-30-25(31)17-28-26(32)22-8-6-5-7-18(22)2/h5-16H,4,17H2,1-3H3,(H,28,32)(H,30,31)/b29-16+. The minimum absolute atomic E-state index is 0.228. The van der Waals surface area contributed by atoms with E-state index in [4.69, 9.17) is 14.2 Å². The Balaban J connectivity index is 1.54. The lowest BCUT2D eigenvalue weighted by molar-refractivity contribution is -0.120. The molecule has 0 heterocycles. The molecule has 0 saturated carbocycles. The molecule has 0 radical (unpaired) electrons. The first kappa shape index (κ1) is 26.0. The second kappa shape index (κ2) is 12.7. The molecule has 0 aliphatic carbocycles. The summed E-state index contributed by atoms with van der Waals surface area (Å²) in [5.41, 5.74) is 4.63. The molecule has 0 bridgehead atoms. The number of hydrogen-bond donors (Lipinski definition) is 2. The van der Waals surface area contributed by atoms with Gasteiger partial charge in [0.05, 0.1) is 32.0 Å². The van der Waals surface area contributed by atoms with Crippen molar-refractivity contribution >= 4 is 24.0 Å². The summed E-state index contributed by atoms with van der Waals surface area (Å²) in [5.74, 6) is -0.159. The number of amides is 2. The lowest BCUT2D eigenvalue weighted by atomic mass is 10.1. The minimum Gasteiger partial charge on any atom is -0.494 e. The fourth-order valence-electron chi connectivity index (χ4n) is 3.16. The highest BCUT2D eigenvalue weighted by Crippen LogP contribution is 2.28. The Morgan fingerprint density at radius 2 is 1.72 bits per heavy atom. The number of aryl methyl sites for hydroxylation is 1. The molecule has 3 rings (SSSR count). The largest absolute Gasteiger partial charge is 0.494 e. The zero-order valence-corrected chi connectivity index (χ0v) is 20.2. The highest BCUT2D eigenvalue weighted by Gasteiger charge is 2.13. The van der Waals surface area contributed by atoms with Gasteiger partial charge in [0.25, 0.3) is 11.8 Å². The van der Waals surface area contributed by atoms with Crippen molar-refractivity contribution in [2.45, 2.75) is 13.8 Å². The normalized spacial score (nSPS) is 10.5. The molecule has 9 heteroatoms. The Hall–Kier alpha value is -4.66. The Morgan fingerprint density at radius 3 is 2.42 bits per heavy atom. The van der Waals surface area contributed by atoms with Gasteiger partial charge in [-0.1, -0.05) is 18.2 Å². The third-order valence-corrected chi connectivity index (χ3v) is 4.99. The van der Waals surface area contributed by atoms with Crippen LogP contribution in [0.15, 0.2) is 71.8 Å². The predicted octanol–water partition coefficient (Wildman–Crippen LogP) is 3.50. The van der Waals surface area contributed by atoms with E-state index in [9.17, 15) is 14.4 Å². The van der Waals surface area contributed by atoms with Crippen LogP contribution in [0.25, 0.3) is 0 Å². The summed E-state index contributed by atoms with van der Waals surface area (Å²) in [6.07, 6.45) is 1.40. The van der Waals surface area contributed by atoms with Gasteiger partial charge in [-0.15, -0.1) is 0 Å². The van der Waals surface area contributed by atoms with Gasteiger partial charge in [0.1, 0.15) is 5.75 Å². The quantitative estimate of drug-likeness (QED) is 0.195. The molecule has 9 nitrogen and oxygen atoms in total. The van der Waals surface area contributed by atoms with Crippen molar-refractivity contribution in [1.29, 1.82) is 0 Å². The SMILES string of the molecule is CCOc1ccc(C(=O)Oc2ccc(/C=N/NC(=O)CNC(=O)c3ccccc3C)cc2OC)cc1. The molecule has 0 fully saturated rings. The molecule has 2 N–H and O–H groups in total. The number of rotatable bonds is 10. The van der Waals surface area contributed by atoms with Crippen LogP contribution in [-0.2, 0) is 4.79 Å². The first-order valence-corrected chi connectivity index (χ1v) is 11.2. The highest BCUT2D eigenvalue weighted by molar-refractivity contribution is 5.97. The summed E-state index contributed by atoms with van der Waals surface area (Å²) in [6, 6.07) is 18.5. The van der Waals surface area contributed by atoms with E-state index in [-0.39, 0.29) is 18.2 Å². The van der Waals surface area contributed by atoms with Crippen molar-refractivity contribution in [3.05, 3.63) is 89.0 Å². The first-order valence-electron chi connectivity index (χ1n) is 11.2. The second-order valence-corrected chi connectivity index (χ2v) is 7.55. The van der Waals surface area contributed by atoms with Crippen molar-refractivity contribution < 1.29 is 28.6 Å². The molecule has 3 aromatic rings. The van der Waals surface area contributed by atoms with E-state index in [1.165, 1.54) is 13.3 Å². The third-order valence-electron chi connectivity index (χ3n) is 4.99. The number of benzene rings is 3. The number of carbonyl (C=O) groups excluding carboxylic acids is 3. The van der Waals surface area contributed by atoms with E-state index in [2.05, 4.69) is 15.8 Å². The number of hydrogen-bond acceptors (Lipinski definition) is 7. The number of nitrogens with one attached hydrogen (secondary N) is 2. The molecule has 2 amide bonds. The number of nitrogens with zero attached hydrogens (tertiary/aromatic N) is 1. The molecule has 0 aliphatic rings. The maximum absolute atomic E-state index is 12.5. The summed E-state index contributed by atoms with van der Waals surface area (Å²) in [4.78, 5) is 36.7. The number of methoxy groups -OCH3 is 1. The Labute approximate surface area is 209 Å². The molecule has 0 spiro atoms. The fourth-order valence-corrected chi connectivity index (χ4v) is 3.16. The van der Waals surface area contributed by atoms with Crippen LogP contribution < -0.4 is 25.0 Å². The van der Waals surface area contributed by atoms with E-state index >= 15 is 0 Å². The van der Waals surface area contributed by atoms with Crippen molar-refractivity contribution in [1.82, 2.24) is 10.7 Å². The van der Waals surface area contributed by atoms with Crippen molar-refractivity contribution in [2.75, 3.05) is 20.3 Å². The zero-order valence-electron chi connectivity index (χ0n) is 20.2. The van der Waals surface area contributed by atoms with Gasteiger partial charge in [-0.3, -0.25) is 9.59 Å². The van der Waals surface area contributed by atoms with Gasteiger partial charge >= 0.3 is 5.97 Å². The van der Waals surface area contributed by atoms with Crippen molar-refractivity contribution in [3.8, 4) is 17.2 Å². The summed E-state index contributed by atoms with van der Waals surface area (Å²) < 4.78 is 16.2. The van der Waals surface area contributed by atoms with E-state index in [1.807, 2.05) is 26.0 Å². The van der Waals surface area contributed by atoms with Crippen molar-refractivity contribution in [2.24, 2.45) is 5.10 Å². The molecular formula is C27H27N3O6. The molecule has 3 aromatic carbocycles. The Kier molecular flexibility index (Phi) is 9.16. The predicted molar refractivity (Wildman–Crippen MR) is 135 cm³/mol. The summed E-state index contributed by atoms with van der Waals surface area (Å²) in [7, 11) is 1.45. The Morgan fingerprint density at radius 1 is 0.972 bits per heavy atom. The van der Waals surface area contributed by atoms with Gasteiger partial charge < -0.3 is 19.5 Å². The third kappa shape index (κ3) is 7.17. The molecule has 186 valence electrons. The monoisotopic (exact) mass is 489 g/mol. The van der Waals surface area contributed by atoms with Gasteiger partial charge in [0.15, 0.2) is 11.5 Å². The van der Waals surface area contributed by atoms with Gasteiger partial charge in [-0.25, -0.2) is 10.2 Å². The summed E-state index contributed by atoms with van der Waals surface area (Å²) in [6.45, 7) is 4.00. The van der Waals surface area contributed by atoms with Crippen LogP contribution >= 0.6 is 0 Å². The fraction of sp³-hybridized carbons (Fsp3) is 0.185. The Bertz CT molecular complexity index is 1250. The zero-order chi connectivity index (χ0) is 25.9. The molecule has 0 saturated heterocycles. The highest BCUT2D eigenvalue weighted by atomic mass is 16.6. The number of carbonyl (C=O) groups is 3. The average Bonchev–Trinajstić information content (AvgIpc) is 2.89. The summed E-state index contributed by atoms with van der Waals surface area (Å²) >= 11 is 0. The maximum Gasteiger partial charge on any atom is 0.343 e. The maximum atomic E-state index is 12.5. The average molecular weight is 490 g/mol. The van der Waals surface area contributed by atoms with Gasteiger partial charge in [-0.05, 0) is 73.5 Å². The molecule has 0 atom stereocenters. The number of ether oxygens (including phenoxy) is 3. The van der Waals surface area contributed by atoms with Gasteiger partial charge in [-0.2, -0.15) is 5.10 Å². The van der Waals surface area contributed by atoms with Crippen LogP contribution in [0, 0.1) is 6.92 Å². The van der Waals surface area contributed by atoms with Crippen molar-refractivity contribution in [3.63, 3.8) is 0 Å². The van der Waals surface area contributed by atoms with Crippen LogP contribution in [0.4, 0.5) is 0 Å². The van der Waals surface area contributed by atoms with Gasteiger partial charge in [0, 0.05) is 5.56 Å². The smallest absolute Gasteiger partial charge is 0.343 e. The van der Waals surface area contributed by atoms with Crippen LogP contribution in [-0.4, -0.2) is 44.3 Å². The van der Waals surface area contributed by atoms with Crippen LogP contribution in [0.5, 0.6) is 17.2 Å². The molecule has 0 aliphatic heterocycles. The van der Waals surface area contributed by atoms with Gasteiger partial charge in [0.2, 0.25) is 0 Å². The summed E-state index contributed by atoms with van der Waals surface area (Å²) in [5, 5.41) is 6.45. The van der Waals surface area contributed by atoms with Crippen LogP contribution in [0.2, 0.25) is 0 Å². The molecule has 0 unspecified atom stereocenters. The minimum atomic E-state index is -0.544. The van der Waals surface area contributed by atoms with Crippen LogP contribution in [0.1, 0.15) is 38.8 Å². The first-order chi connectivity index (χ1) is 17.4. The van der Waals surface area contributed by atoms with E-state index < -0.39 is 11.9 Å².